The fourth-order valence-electron chi connectivity index (χ4n) is 0. The Balaban J connectivity index is 0. The molecule has 0 aromatic rings. The molecule has 6 heavy (non-hydrogen) atoms. The van der Waals surface area contributed by atoms with E-state index in [2.05, 4.69) is 0 Å². The van der Waals surface area contributed by atoms with Gasteiger partial charge in [-0.15, -0.1) is 0 Å². The molecular weight excluding hydrogens is 236 g/mol. The summed E-state index contributed by atoms with van der Waals surface area (Å²) < 4.78 is 0. The van der Waals surface area contributed by atoms with E-state index in [0.29, 0.717) is 0 Å². The zero-order chi connectivity index (χ0) is 0. The van der Waals surface area contributed by atoms with Gasteiger partial charge < -0.3 is 16.4 Å². The molecule has 0 aromatic carbocycles. The zero-order valence-corrected chi connectivity index (χ0v) is 7.72. The largest absolute Gasteiger partial charge is 0.412 e. The minimum Gasteiger partial charge on any atom is -0.412 e. The Hall–Kier alpha value is 1.52. The van der Waals surface area contributed by atoms with Gasteiger partial charge in [0.15, 0.2) is 0 Å². The third-order valence-electron chi connectivity index (χ3n) is 0. The number of hydrogen-bond acceptors (Lipinski definition) is 0. The summed E-state index contributed by atoms with van der Waals surface area (Å²) >= 11 is 0. The molecule has 0 bridgehead atoms. The first-order chi connectivity index (χ1) is 0. The molecule has 0 rings (SSSR count). The third kappa shape index (κ3) is 48.9. The van der Waals surface area contributed by atoms with E-state index in [1.807, 2.05) is 0 Å². The van der Waals surface area contributed by atoms with E-state index >= 15 is 0 Å². The van der Waals surface area contributed by atoms with Crippen molar-refractivity contribution in [2.45, 2.75) is 0 Å². The van der Waals surface area contributed by atoms with Crippen molar-refractivity contribution in [3.63, 3.8) is 0 Å². The molecule has 0 aliphatic heterocycles. The molecular formula is H6CuNiO3Zn. The van der Waals surface area contributed by atoms with Gasteiger partial charge >= 0.3 is 0 Å². The maximum absolute atomic E-state index is 0. The minimum atomic E-state index is 0. The van der Waals surface area contributed by atoms with Crippen molar-refractivity contribution >= 4 is 0 Å². The molecule has 0 fully saturated rings. The van der Waals surface area contributed by atoms with Crippen LogP contribution in [0.5, 0.6) is 0 Å². The van der Waals surface area contributed by atoms with Crippen molar-refractivity contribution in [2.75, 3.05) is 0 Å². The summed E-state index contributed by atoms with van der Waals surface area (Å²) in [4.78, 5) is 0. The molecule has 0 aliphatic rings. The average molecular weight is 242 g/mol. The van der Waals surface area contributed by atoms with Crippen LogP contribution in [0.25, 0.3) is 0 Å². The second kappa shape index (κ2) is 86.2. The van der Waals surface area contributed by atoms with Gasteiger partial charge in [0, 0.05) is 53.0 Å². The Morgan fingerprint density at radius 2 is 0.667 bits per heavy atom. The average Bonchev–Trinajstić information content (AvgIpc) is 0. The monoisotopic (exact) mass is 239 g/mol. The molecule has 6 heteroatoms. The van der Waals surface area contributed by atoms with Crippen LogP contribution in [-0.4, -0.2) is 16.4 Å². The summed E-state index contributed by atoms with van der Waals surface area (Å²) in [6.07, 6.45) is 0. The van der Waals surface area contributed by atoms with Crippen LogP contribution in [0.3, 0.4) is 0 Å². The summed E-state index contributed by atoms with van der Waals surface area (Å²) in [6, 6.07) is 0. The molecule has 0 aromatic heterocycles. The van der Waals surface area contributed by atoms with Gasteiger partial charge in [0.25, 0.3) is 0 Å². The molecule has 1 radical (unpaired) electrons. The third-order valence-corrected chi connectivity index (χ3v) is 0. The van der Waals surface area contributed by atoms with Gasteiger partial charge in [-0.05, 0) is 0 Å². The maximum atomic E-state index is 0. The van der Waals surface area contributed by atoms with Crippen LogP contribution in [0.4, 0.5) is 0 Å². The summed E-state index contributed by atoms with van der Waals surface area (Å²) in [5.74, 6) is 0. The van der Waals surface area contributed by atoms with Gasteiger partial charge in [-0.25, -0.2) is 0 Å². The maximum Gasteiger partial charge on any atom is 0 e. The first-order valence-corrected chi connectivity index (χ1v) is 0. The van der Waals surface area contributed by atoms with Crippen molar-refractivity contribution < 1.29 is 69.5 Å². The Kier molecular flexibility index (Phi) is 2000. The van der Waals surface area contributed by atoms with Crippen LogP contribution in [0.1, 0.15) is 0 Å². The van der Waals surface area contributed by atoms with Crippen molar-refractivity contribution in [1.29, 1.82) is 0 Å². The van der Waals surface area contributed by atoms with Gasteiger partial charge in [-0.2, -0.15) is 0 Å². The Morgan fingerprint density at radius 3 is 0.667 bits per heavy atom. The van der Waals surface area contributed by atoms with Crippen LogP contribution in [-0.2, 0) is 53.0 Å². The van der Waals surface area contributed by atoms with E-state index < -0.39 is 0 Å². The molecule has 0 atom stereocenters. The van der Waals surface area contributed by atoms with Crippen molar-refractivity contribution in [2.24, 2.45) is 0 Å². The van der Waals surface area contributed by atoms with Gasteiger partial charge in [0.05, 0.1) is 0 Å². The molecule has 0 aliphatic carbocycles. The predicted molar refractivity (Wildman–Crippen MR) is 10.8 cm³/mol. The zero-order valence-electron chi connectivity index (χ0n) is 2.82. The summed E-state index contributed by atoms with van der Waals surface area (Å²) in [5.41, 5.74) is 0. The topological polar surface area (TPSA) is 94.5 Å². The molecule has 0 heterocycles. The minimum absolute atomic E-state index is 0. The second-order valence-electron chi connectivity index (χ2n) is 0. The normalized spacial score (nSPS) is 0. The smallest absolute Gasteiger partial charge is 0 e. The SMILES string of the molecule is O.O.O.[Cu].[Ni].[Zn]. The van der Waals surface area contributed by atoms with Crippen molar-refractivity contribution in [3.8, 4) is 0 Å². The molecule has 0 saturated heterocycles. The molecule has 3 nitrogen and oxygen atoms in total. The quantitative estimate of drug-likeness (QED) is 0.420. The number of rotatable bonds is 0. The summed E-state index contributed by atoms with van der Waals surface area (Å²) in [6.45, 7) is 0. The van der Waals surface area contributed by atoms with Crippen LogP contribution in [0.15, 0.2) is 0 Å². The predicted octanol–water partition coefficient (Wildman–Crippen LogP) is -2.48. The molecule has 0 unspecified atom stereocenters. The van der Waals surface area contributed by atoms with Crippen LogP contribution in [0, 0.1) is 0 Å². The summed E-state index contributed by atoms with van der Waals surface area (Å²) in [5, 5.41) is 0. The standard InChI is InChI=1S/Cu.Ni.3H2O.Zn/h;;3*1H2;. The Bertz CT molecular complexity index is 10.8. The van der Waals surface area contributed by atoms with Crippen LogP contribution >= 0.6 is 0 Å². The van der Waals surface area contributed by atoms with Gasteiger partial charge in [-0.3, -0.25) is 0 Å². The van der Waals surface area contributed by atoms with Gasteiger partial charge in [0.2, 0.25) is 0 Å². The second-order valence-corrected chi connectivity index (χ2v) is 0. The summed E-state index contributed by atoms with van der Waals surface area (Å²) in [7, 11) is 0. The van der Waals surface area contributed by atoms with E-state index in [9.17, 15) is 0 Å². The van der Waals surface area contributed by atoms with Crippen molar-refractivity contribution in [1.82, 2.24) is 0 Å². The van der Waals surface area contributed by atoms with Crippen LogP contribution < -0.4 is 0 Å². The fourth-order valence-corrected chi connectivity index (χ4v) is 0. The number of hydrogen-bond donors (Lipinski definition) is 0. The Labute approximate surface area is 69.3 Å². The van der Waals surface area contributed by atoms with E-state index in [1.54, 1.807) is 0 Å². The first kappa shape index (κ1) is 139. The van der Waals surface area contributed by atoms with Crippen LogP contribution in [0.2, 0.25) is 0 Å². The Morgan fingerprint density at radius 1 is 0.667 bits per heavy atom. The van der Waals surface area contributed by atoms with Crippen molar-refractivity contribution in [3.05, 3.63) is 0 Å². The van der Waals surface area contributed by atoms with E-state index in [-0.39, 0.29) is 69.5 Å². The van der Waals surface area contributed by atoms with E-state index in [0.717, 1.165) is 0 Å². The van der Waals surface area contributed by atoms with E-state index in [4.69, 9.17) is 0 Å². The molecule has 0 amide bonds. The van der Waals surface area contributed by atoms with E-state index in [1.165, 1.54) is 0 Å². The molecule has 0 spiro atoms. The molecule has 47 valence electrons. The molecule has 0 saturated carbocycles. The fraction of sp³-hybridized carbons (Fsp3) is 0. The first-order valence-electron chi connectivity index (χ1n) is 0. The molecule has 6 N–H and O–H groups in total. The van der Waals surface area contributed by atoms with Gasteiger partial charge in [-0.1, -0.05) is 0 Å². The van der Waals surface area contributed by atoms with Gasteiger partial charge in [0.1, 0.15) is 0 Å².